The Balaban J connectivity index is 3.25. The molecule has 3 N–H and O–H groups in total. The van der Waals surface area contributed by atoms with Crippen LogP contribution in [0.25, 0.3) is 0 Å². The average molecular weight is 205 g/mol. The number of phenols is 1. The molecule has 2 nitrogen and oxygen atoms in total. The molecular weight excluding hydrogens is 195 g/mol. The maximum atomic E-state index is 13.1. The summed E-state index contributed by atoms with van der Waals surface area (Å²) in [7, 11) is 0. The molecule has 0 aliphatic rings. The molecule has 1 rings (SSSR count). The van der Waals surface area contributed by atoms with Crippen LogP contribution in [0.4, 0.5) is 13.2 Å². The lowest BCUT2D eigenvalue weighted by Crippen LogP contribution is -2.20. The van der Waals surface area contributed by atoms with E-state index in [0.717, 1.165) is 6.07 Å². The van der Waals surface area contributed by atoms with E-state index in [1.807, 2.05) is 0 Å². The van der Waals surface area contributed by atoms with Crippen molar-refractivity contribution >= 4 is 0 Å². The molecule has 0 aliphatic heterocycles. The van der Waals surface area contributed by atoms with Crippen molar-refractivity contribution in [1.29, 1.82) is 0 Å². The van der Waals surface area contributed by atoms with Gasteiger partial charge in [-0.15, -0.1) is 0 Å². The summed E-state index contributed by atoms with van der Waals surface area (Å²) < 4.78 is 37.5. The Labute approximate surface area is 79.2 Å². The summed E-state index contributed by atoms with van der Waals surface area (Å²) in [5.74, 6) is -1.42. The molecular formula is C9H10F3NO. The van der Waals surface area contributed by atoms with Gasteiger partial charge in [0.25, 0.3) is 6.43 Å². The normalized spacial score (nSPS) is 13.3. The molecule has 1 aromatic carbocycles. The highest BCUT2D eigenvalue weighted by atomic mass is 19.3. The van der Waals surface area contributed by atoms with Gasteiger partial charge >= 0.3 is 0 Å². The molecule has 0 aromatic heterocycles. The maximum Gasteiger partial charge on any atom is 0.257 e. The van der Waals surface area contributed by atoms with E-state index in [2.05, 4.69) is 0 Å². The van der Waals surface area contributed by atoms with Crippen molar-refractivity contribution in [2.45, 2.75) is 19.4 Å². The van der Waals surface area contributed by atoms with Crippen LogP contribution in [-0.4, -0.2) is 11.5 Å². The second-order valence-corrected chi connectivity index (χ2v) is 2.99. The van der Waals surface area contributed by atoms with Crippen molar-refractivity contribution in [3.63, 3.8) is 0 Å². The Morgan fingerprint density at radius 1 is 1.36 bits per heavy atom. The molecule has 0 aliphatic carbocycles. The molecule has 0 unspecified atom stereocenters. The maximum absolute atomic E-state index is 13.1. The molecule has 0 saturated heterocycles. The van der Waals surface area contributed by atoms with Crippen molar-refractivity contribution in [3.05, 3.63) is 29.1 Å². The van der Waals surface area contributed by atoms with E-state index < -0.39 is 29.6 Å². The van der Waals surface area contributed by atoms with Crippen LogP contribution in [-0.2, 0) is 0 Å². The van der Waals surface area contributed by atoms with Crippen LogP contribution in [0, 0.1) is 12.7 Å². The molecule has 5 heteroatoms. The number of hydrogen-bond acceptors (Lipinski definition) is 2. The molecule has 1 aromatic rings. The summed E-state index contributed by atoms with van der Waals surface area (Å²) in [5, 5.41) is 9.34. The van der Waals surface area contributed by atoms with Gasteiger partial charge in [0.2, 0.25) is 0 Å². The second-order valence-electron chi connectivity index (χ2n) is 2.99. The van der Waals surface area contributed by atoms with Gasteiger partial charge in [0.15, 0.2) is 0 Å². The lowest BCUT2D eigenvalue weighted by Gasteiger charge is -2.14. The third kappa shape index (κ3) is 1.82. The number of aromatic hydroxyl groups is 1. The fourth-order valence-corrected chi connectivity index (χ4v) is 1.14. The van der Waals surface area contributed by atoms with Crippen molar-refractivity contribution in [2.75, 3.05) is 0 Å². The molecule has 0 saturated carbocycles. The van der Waals surface area contributed by atoms with E-state index in [1.165, 1.54) is 13.0 Å². The van der Waals surface area contributed by atoms with Gasteiger partial charge in [-0.25, -0.2) is 13.2 Å². The van der Waals surface area contributed by atoms with Gasteiger partial charge in [-0.2, -0.15) is 0 Å². The third-order valence-electron chi connectivity index (χ3n) is 1.97. The zero-order valence-electron chi connectivity index (χ0n) is 7.47. The van der Waals surface area contributed by atoms with Crippen LogP contribution in [0.3, 0.4) is 0 Å². The minimum Gasteiger partial charge on any atom is -0.507 e. The molecule has 0 fully saturated rings. The SMILES string of the molecule is Cc1ccc(F)c([C@H](N)C(F)F)c1O. The van der Waals surface area contributed by atoms with Crippen LogP contribution in [0.5, 0.6) is 5.75 Å². The van der Waals surface area contributed by atoms with Gasteiger partial charge in [-0.1, -0.05) is 6.07 Å². The van der Waals surface area contributed by atoms with Crippen molar-refractivity contribution in [1.82, 2.24) is 0 Å². The van der Waals surface area contributed by atoms with Gasteiger partial charge in [-0.3, -0.25) is 0 Å². The Bertz CT molecular complexity index is 341. The minimum atomic E-state index is -2.91. The van der Waals surface area contributed by atoms with Crippen molar-refractivity contribution in [2.24, 2.45) is 5.73 Å². The predicted octanol–water partition coefficient (Wildman–Crippen LogP) is 2.10. The van der Waals surface area contributed by atoms with E-state index in [9.17, 15) is 18.3 Å². The number of phenolic OH excluding ortho intramolecular Hbond substituents is 1. The molecule has 14 heavy (non-hydrogen) atoms. The first-order valence-corrected chi connectivity index (χ1v) is 3.97. The molecule has 0 heterocycles. The van der Waals surface area contributed by atoms with Gasteiger partial charge in [0.1, 0.15) is 11.6 Å². The van der Waals surface area contributed by atoms with E-state index in [1.54, 1.807) is 0 Å². The number of benzene rings is 1. The first-order chi connectivity index (χ1) is 6.45. The zero-order chi connectivity index (χ0) is 10.9. The molecule has 1 atom stereocenters. The second kappa shape index (κ2) is 3.88. The highest BCUT2D eigenvalue weighted by Crippen LogP contribution is 2.31. The highest BCUT2D eigenvalue weighted by molar-refractivity contribution is 5.42. The Kier molecular flexibility index (Phi) is 3.00. The lowest BCUT2D eigenvalue weighted by atomic mass is 10.0. The van der Waals surface area contributed by atoms with Crippen LogP contribution in [0.2, 0.25) is 0 Å². The summed E-state index contributed by atoms with van der Waals surface area (Å²) in [6, 6.07) is 0.508. The van der Waals surface area contributed by atoms with E-state index in [-0.39, 0.29) is 0 Å². The number of alkyl halides is 2. The average Bonchev–Trinajstić information content (AvgIpc) is 2.12. The van der Waals surface area contributed by atoms with Gasteiger partial charge in [0, 0.05) is 0 Å². The molecule has 0 spiro atoms. The monoisotopic (exact) mass is 205 g/mol. The number of rotatable bonds is 2. The first kappa shape index (κ1) is 10.8. The quantitative estimate of drug-likeness (QED) is 0.776. The topological polar surface area (TPSA) is 46.2 Å². The summed E-state index contributed by atoms with van der Waals surface area (Å²) in [4.78, 5) is 0. The Hall–Kier alpha value is -1.23. The fourth-order valence-electron chi connectivity index (χ4n) is 1.14. The van der Waals surface area contributed by atoms with Gasteiger partial charge in [-0.05, 0) is 18.6 Å². The van der Waals surface area contributed by atoms with Crippen LogP contribution in [0.15, 0.2) is 12.1 Å². The zero-order valence-corrected chi connectivity index (χ0v) is 7.47. The van der Waals surface area contributed by atoms with Crippen molar-refractivity contribution in [3.8, 4) is 5.75 Å². The number of nitrogens with two attached hydrogens (primary N) is 1. The number of halogens is 3. The minimum absolute atomic E-state index is 0.317. The van der Waals surface area contributed by atoms with Crippen LogP contribution < -0.4 is 5.73 Å². The summed E-state index contributed by atoms with van der Waals surface area (Å²) in [6.07, 6.45) is -2.91. The molecule has 0 radical (unpaired) electrons. The third-order valence-corrected chi connectivity index (χ3v) is 1.97. The highest BCUT2D eigenvalue weighted by Gasteiger charge is 2.25. The smallest absolute Gasteiger partial charge is 0.257 e. The molecule has 78 valence electrons. The van der Waals surface area contributed by atoms with E-state index >= 15 is 0 Å². The Morgan fingerprint density at radius 3 is 2.43 bits per heavy atom. The van der Waals surface area contributed by atoms with E-state index in [4.69, 9.17) is 5.73 Å². The lowest BCUT2D eigenvalue weighted by molar-refractivity contribution is 0.113. The molecule has 0 amide bonds. The number of hydrogen-bond donors (Lipinski definition) is 2. The van der Waals surface area contributed by atoms with Crippen LogP contribution >= 0.6 is 0 Å². The fraction of sp³-hybridized carbons (Fsp3) is 0.333. The summed E-state index contributed by atoms with van der Waals surface area (Å²) in [5.41, 5.74) is 4.85. The van der Waals surface area contributed by atoms with Crippen molar-refractivity contribution < 1.29 is 18.3 Å². The largest absolute Gasteiger partial charge is 0.507 e. The number of aryl methyl sites for hydroxylation is 1. The first-order valence-electron chi connectivity index (χ1n) is 3.97. The Morgan fingerprint density at radius 2 is 1.93 bits per heavy atom. The predicted molar refractivity (Wildman–Crippen MR) is 45.7 cm³/mol. The van der Waals surface area contributed by atoms with Gasteiger partial charge in [0.05, 0.1) is 11.6 Å². The summed E-state index contributed by atoms with van der Waals surface area (Å²) in [6.45, 7) is 1.48. The summed E-state index contributed by atoms with van der Waals surface area (Å²) >= 11 is 0. The standard InChI is InChI=1S/C9H10F3NO/c1-4-2-3-5(10)6(8(4)14)7(13)9(11)12/h2-3,7,9,14H,13H2,1H3/t7-/m0/s1. The van der Waals surface area contributed by atoms with Gasteiger partial charge < -0.3 is 10.8 Å². The molecule has 0 bridgehead atoms. The van der Waals surface area contributed by atoms with Crippen LogP contribution in [0.1, 0.15) is 17.2 Å². The van der Waals surface area contributed by atoms with E-state index in [0.29, 0.717) is 5.56 Å².